The van der Waals surface area contributed by atoms with Crippen molar-refractivity contribution in [3.05, 3.63) is 23.8 Å². The first-order valence-corrected chi connectivity index (χ1v) is 5.73. The lowest BCUT2D eigenvalue weighted by Gasteiger charge is -2.25. The number of hydrazine groups is 1. The minimum absolute atomic E-state index is 0.123. The number of benzene rings is 1. The number of nitrogens with one attached hydrogen (secondary N) is 1. The van der Waals surface area contributed by atoms with Crippen molar-refractivity contribution in [2.45, 2.75) is 26.2 Å². The molecule has 96 valence electrons. The summed E-state index contributed by atoms with van der Waals surface area (Å²) >= 11 is 0. The van der Waals surface area contributed by atoms with Crippen LogP contribution in [0.25, 0.3) is 0 Å². The van der Waals surface area contributed by atoms with Crippen molar-refractivity contribution in [2.75, 3.05) is 25.7 Å². The van der Waals surface area contributed by atoms with Crippen LogP contribution in [0.1, 0.15) is 26.3 Å². The fourth-order valence-corrected chi connectivity index (χ4v) is 1.68. The Kier molecular flexibility index (Phi) is 4.37. The van der Waals surface area contributed by atoms with Crippen molar-refractivity contribution in [1.29, 1.82) is 0 Å². The van der Waals surface area contributed by atoms with Gasteiger partial charge in [0.2, 0.25) is 0 Å². The fraction of sp³-hybridized carbons (Fsp3) is 0.538. The fourth-order valence-electron chi connectivity index (χ4n) is 1.68. The predicted octanol–water partition coefficient (Wildman–Crippen LogP) is 1.85. The first kappa shape index (κ1) is 13.8. The normalized spacial score (nSPS) is 11.4. The van der Waals surface area contributed by atoms with Gasteiger partial charge in [-0.2, -0.15) is 0 Å². The van der Waals surface area contributed by atoms with Gasteiger partial charge < -0.3 is 9.64 Å². The van der Waals surface area contributed by atoms with Crippen molar-refractivity contribution in [3.8, 4) is 5.75 Å². The molecule has 17 heavy (non-hydrogen) atoms. The highest BCUT2D eigenvalue weighted by molar-refractivity contribution is 5.60. The van der Waals surface area contributed by atoms with Crippen molar-refractivity contribution >= 4 is 5.69 Å². The molecule has 0 saturated carbocycles. The summed E-state index contributed by atoms with van der Waals surface area (Å²) in [4.78, 5) is 2.02. The molecule has 0 aliphatic rings. The first-order valence-electron chi connectivity index (χ1n) is 5.73. The monoisotopic (exact) mass is 237 g/mol. The van der Waals surface area contributed by atoms with Gasteiger partial charge in [0.1, 0.15) is 5.75 Å². The van der Waals surface area contributed by atoms with E-state index in [0.29, 0.717) is 6.67 Å². The lowest BCUT2D eigenvalue weighted by molar-refractivity contribution is 0.414. The first-order chi connectivity index (χ1) is 7.90. The van der Waals surface area contributed by atoms with Gasteiger partial charge in [0, 0.05) is 7.05 Å². The van der Waals surface area contributed by atoms with Crippen LogP contribution in [0.3, 0.4) is 0 Å². The molecule has 0 radical (unpaired) electrons. The third kappa shape index (κ3) is 3.35. The summed E-state index contributed by atoms with van der Waals surface area (Å²) in [6.45, 7) is 7.16. The van der Waals surface area contributed by atoms with E-state index in [-0.39, 0.29) is 5.41 Å². The molecule has 0 saturated heterocycles. The molecular weight excluding hydrogens is 214 g/mol. The number of nitrogens with zero attached hydrogens (tertiary/aromatic N) is 1. The number of methoxy groups -OCH3 is 1. The van der Waals surface area contributed by atoms with E-state index in [9.17, 15) is 0 Å². The van der Waals surface area contributed by atoms with E-state index in [2.05, 4.69) is 38.3 Å². The molecule has 1 rings (SSSR count). The molecule has 0 amide bonds. The molecule has 0 aliphatic heterocycles. The smallest absolute Gasteiger partial charge is 0.142 e. The molecule has 0 spiro atoms. The van der Waals surface area contributed by atoms with Gasteiger partial charge in [0.15, 0.2) is 0 Å². The van der Waals surface area contributed by atoms with Crippen LogP contribution in [0, 0.1) is 0 Å². The summed E-state index contributed by atoms with van der Waals surface area (Å²) in [5.74, 6) is 6.21. The number of anilines is 1. The van der Waals surface area contributed by atoms with Gasteiger partial charge >= 0.3 is 0 Å². The standard InChI is InChI=1S/C13H23N3O/c1-13(2,3)10-6-7-12(17-5)11(8-10)16(4)9-15-14/h6-8,15H,9,14H2,1-5H3. The molecule has 0 bridgehead atoms. The molecular formula is C13H23N3O. The van der Waals surface area contributed by atoms with E-state index >= 15 is 0 Å². The maximum absolute atomic E-state index is 5.37. The van der Waals surface area contributed by atoms with Crippen LogP contribution in [0.15, 0.2) is 18.2 Å². The third-order valence-electron chi connectivity index (χ3n) is 2.78. The maximum Gasteiger partial charge on any atom is 0.142 e. The van der Waals surface area contributed by atoms with Crippen LogP contribution in [0.4, 0.5) is 5.69 Å². The molecule has 0 aromatic heterocycles. The van der Waals surface area contributed by atoms with E-state index < -0.39 is 0 Å². The molecule has 4 nitrogen and oxygen atoms in total. The van der Waals surface area contributed by atoms with E-state index in [1.807, 2.05) is 18.0 Å². The minimum atomic E-state index is 0.123. The van der Waals surface area contributed by atoms with E-state index in [4.69, 9.17) is 10.6 Å². The second-order valence-corrected chi connectivity index (χ2v) is 5.20. The summed E-state index contributed by atoms with van der Waals surface area (Å²) in [7, 11) is 3.66. The van der Waals surface area contributed by atoms with Crippen LogP contribution in [0.2, 0.25) is 0 Å². The average Bonchev–Trinajstić information content (AvgIpc) is 2.27. The van der Waals surface area contributed by atoms with Crippen molar-refractivity contribution in [2.24, 2.45) is 5.84 Å². The van der Waals surface area contributed by atoms with Crippen LogP contribution in [-0.4, -0.2) is 20.8 Å². The molecule has 1 aromatic carbocycles. The Bertz CT molecular complexity index is 371. The Morgan fingerprint density at radius 1 is 1.35 bits per heavy atom. The lowest BCUT2D eigenvalue weighted by Crippen LogP contribution is -2.35. The third-order valence-corrected chi connectivity index (χ3v) is 2.78. The Labute approximate surface area is 104 Å². The molecule has 1 aromatic rings. The minimum Gasteiger partial charge on any atom is -0.495 e. The Balaban J connectivity index is 3.15. The lowest BCUT2D eigenvalue weighted by atomic mass is 9.86. The van der Waals surface area contributed by atoms with Crippen molar-refractivity contribution < 1.29 is 4.74 Å². The van der Waals surface area contributed by atoms with Gasteiger partial charge in [-0.25, -0.2) is 5.43 Å². The Morgan fingerprint density at radius 3 is 2.47 bits per heavy atom. The number of rotatable bonds is 4. The van der Waals surface area contributed by atoms with Crippen LogP contribution >= 0.6 is 0 Å². The predicted molar refractivity (Wildman–Crippen MR) is 72.3 cm³/mol. The van der Waals surface area contributed by atoms with Gasteiger partial charge in [-0.05, 0) is 23.1 Å². The van der Waals surface area contributed by atoms with E-state index in [1.165, 1.54) is 5.56 Å². The quantitative estimate of drug-likeness (QED) is 0.477. The highest BCUT2D eigenvalue weighted by Crippen LogP contribution is 2.33. The molecule has 0 fully saturated rings. The topological polar surface area (TPSA) is 50.5 Å². The van der Waals surface area contributed by atoms with Gasteiger partial charge in [0.05, 0.1) is 19.5 Å². The molecule has 3 N–H and O–H groups in total. The van der Waals surface area contributed by atoms with Crippen molar-refractivity contribution in [3.63, 3.8) is 0 Å². The molecule has 0 atom stereocenters. The molecule has 4 heteroatoms. The van der Waals surface area contributed by atoms with Crippen molar-refractivity contribution in [1.82, 2.24) is 5.43 Å². The summed E-state index contributed by atoms with van der Waals surface area (Å²) in [6.07, 6.45) is 0. The second-order valence-electron chi connectivity index (χ2n) is 5.20. The average molecular weight is 237 g/mol. The number of ether oxygens (including phenoxy) is 1. The Morgan fingerprint density at radius 2 is 2.00 bits per heavy atom. The Hall–Kier alpha value is -1.26. The van der Waals surface area contributed by atoms with Crippen LogP contribution in [0.5, 0.6) is 5.75 Å². The zero-order chi connectivity index (χ0) is 13.1. The van der Waals surface area contributed by atoms with E-state index in [0.717, 1.165) is 11.4 Å². The summed E-state index contributed by atoms with van der Waals surface area (Å²) < 4.78 is 5.37. The van der Waals surface area contributed by atoms with Gasteiger partial charge in [-0.15, -0.1) is 0 Å². The molecule has 0 heterocycles. The zero-order valence-electron chi connectivity index (χ0n) is 11.4. The maximum atomic E-state index is 5.37. The summed E-state index contributed by atoms with van der Waals surface area (Å²) in [6, 6.07) is 6.26. The summed E-state index contributed by atoms with van der Waals surface area (Å²) in [5, 5.41) is 0. The summed E-state index contributed by atoms with van der Waals surface area (Å²) in [5.41, 5.74) is 5.08. The molecule has 0 unspecified atom stereocenters. The van der Waals surface area contributed by atoms with Gasteiger partial charge in [-0.1, -0.05) is 26.8 Å². The van der Waals surface area contributed by atoms with Gasteiger partial charge in [-0.3, -0.25) is 5.84 Å². The SMILES string of the molecule is COc1ccc(C(C)(C)C)cc1N(C)CNN. The van der Waals surface area contributed by atoms with E-state index in [1.54, 1.807) is 7.11 Å². The highest BCUT2D eigenvalue weighted by atomic mass is 16.5. The van der Waals surface area contributed by atoms with Crippen LogP contribution < -0.4 is 20.9 Å². The van der Waals surface area contributed by atoms with Crippen LogP contribution in [-0.2, 0) is 5.41 Å². The largest absolute Gasteiger partial charge is 0.495 e. The highest BCUT2D eigenvalue weighted by Gasteiger charge is 2.17. The second kappa shape index (κ2) is 5.38. The molecule has 0 aliphatic carbocycles. The number of nitrogens with two attached hydrogens (primary N) is 1. The van der Waals surface area contributed by atoms with Gasteiger partial charge in [0.25, 0.3) is 0 Å². The number of hydrogen-bond acceptors (Lipinski definition) is 4. The number of hydrogen-bond donors (Lipinski definition) is 2. The zero-order valence-corrected chi connectivity index (χ0v) is 11.4.